The number of pyridine rings is 1. The molecule has 3 nitrogen and oxygen atoms in total. The van der Waals surface area contributed by atoms with Gasteiger partial charge in [0, 0.05) is 17.8 Å². The Morgan fingerprint density at radius 2 is 1.79 bits per heavy atom. The molecule has 0 atom stereocenters. The maximum Gasteiger partial charge on any atom is 0.343 e. The van der Waals surface area contributed by atoms with Crippen LogP contribution in [0.15, 0.2) is 67.0 Å². The highest BCUT2D eigenvalue weighted by molar-refractivity contribution is 5.95. The fourth-order valence-electron chi connectivity index (χ4n) is 1.91. The predicted octanol–water partition coefficient (Wildman–Crippen LogP) is 3.45. The molecule has 0 amide bonds. The van der Waals surface area contributed by atoms with Gasteiger partial charge >= 0.3 is 5.97 Å². The van der Waals surface area contributed by atoms with Gasteiger partial charge in [-0.05, 0) is 29.7 Å². The van der Waals surface area contributed by atoms with Crippen molar-refractivity contribution in [3.63, 3.8) is 0 Å². The van der Waals surface area contributed by atoms with E-state index in [1.54, 1.807) is 42.7 Å². The standard InChI is InChI=1S/C16H11NO2/c18-16(13-5-2-1-3-6-13)19-15-8-4-7-12-9-10-17-11-14(12)15/h1-11H. The van der Waals surface area contributed by atoms with Crippen LogP contribution < -0.4 is 4.74 Å². The maximum absolute atomic E-state index is 12.0. The van der Waals surface area contributed by atoms with Gasteiger partial charge in [0.15, 0.2) is 0 Å². The van der Waals surface area contributed by atoms with Crippen molar-refractivity contribution < 1.29 is 9.53 Å². The van der Waals surface area contributed by atoms with E-state index in [2.05, 4.69) is 4.98 Å². The first-order chi connectivity index (χ1) is 9.34. The van der Waals surface area contributed by atoms with Crippen molar-refractivity contribution in [1.82, 2.24) is 4.98 Å². The summed E-state index contributed by atoms with van der Waals surface area (Å²) in [6.45, 7) is 0. The van der Waals surface area contributed by atoms with Gasteiger partial charge in [-0.15, -0.1) is 0 Å². The Morgan fingerprint density at radius 3 is 2.63 bits per heavy atom. The molecule has 0 N–H and O–H groups in total. The maximum atomic E-state index is 12.0. The number of carbonyl (C=O) groups excluding carboxylic acids is 1. The van der Waals surface area contributed by atoms with Crippen molar-refractivity contribution in [1.29, 1.82) is 0 Å². The minimum Gasteiger partial charge on any atom is -0.422 e. The predicted molar refractivity (Wildman–Crippen MR) is 73.1 cm³/mol. The van der Waals surface area contributed by atoms with Crippen molar-refractivity contribution in [2.24, 2.45) is 0 Å². The highest BCUT2D eigenvalue weighted by Gasteiger charge is 2.09. The second-order valence-electron chi connectivity index (χ2n) is 4.11. The largest absolute Gasteiger partial charge is 0.422 e. The van der Waals surface area contributed by atoms with E-state index < -0.39 is 0 Å². The number of hydrogen-bond donors (Lipinski definition) is 0. The van der Waals surface area contributed by atoms with E-state index >= 15 is 0 Å². The quantitative estimate of drug-likeness (QED) is 0.515. The molecular weight excluding hydrogens is 238 g/mol. The van der Waals surface area contributed by atoms with Crippen molar-refractivity contribution >= 4 is 16.7 Å². The van der Waals surface area contributed by atoms with Crippen molar-refractivity contribution in [3.8, 4) is 5.75 Å². The molecule has 0 fully saturated rings. The zero-order valence-electron chi connectivity index (χ0n) is 10.1. The lowest BCUT2D eigenvalue weighted by Gasteiger charge is -2.07. The van der Waals surface area contributed by atoms with Gasteiger partial charge in [0.1, 0.15) is 5.75 Å². The molecule has 0 aliphatic carbocycles. The summed E-state index contributed by atoms with van der Waals surface area (Å²) in [6, 6.07) is 16.4. The Balaban J connectivity index is 1.96. The van der Waals surface area contributed by atoms with Gasteiger partial charge in [0.25, 0.3) is 0 Å². The Morgan fingerprint density at radius 1 is 0.947 bits per heavy atom. The van der Waals surface area contributed by atoms with E-state index in [9.17, 15) is 4.79 Å². The van der Waals surface area contributed by atoms with Gasteiger partial charge in [0.05, 0.1) is 5.56 Å². The Kier molecular flexibility index (Phi) is 2.94. The first-order valence-electron chi connectivity index (χ1n) is 5.94. The number of fused-ring (bicyclic) bond motifs is 1. The molecule has 0 bridgehead atoms. The molecule has 92 valence electrons. The third-order valence-corrected chi connectivity index (χ3v) is 2.86. The monoisotopic (exact) mass is 249 g/mol. The van der Waals surface area contributed by atoms with Crippen LogP contribution in [0.1, 0.15) is 10.4 Å². The first-order valence-corrected chi connectivity index (χ1v) is 5.94. The van der Waals surface area contributed by atoms with Gasteiger partial charge in [-0.2, -0.15) is 0 Å². The summed E-state index contributed by atoms with van der Waals surface area (Å²) in [5, 5.41) is 1.82. The lowest BCUT2D eigenvalue weighted by Crippen LogP contribution is -2.08. The average Bonchev–Trinajstić information content (AvgIpc) is 2.48. The van der Waals surface area contributed by atoms with Crippen molar-refractivity contribution in [2.75, 3.05) is 0 Å². The molecule has 1 aromatic heterocycles. The Bertz CT molecular complexity index is 718. The van der Waals surface area contributed by atoms with Crippen molar-refractivity contribution in [2.45, 2.75) is 0 Å². The molecule has 3 rings (SSSR count). The molecule has 1 heterocycles. The molecule has 3 aromatic rings. The van der Waals surface area contributed by atoms with Crippen LogP contribution in [-0.2, 0) is 0 Å². The lowest BCUT2D eigenvalue weighted by molar-refractivity contribution is 0.0737. The minimum absolute atomic E-state index is 0.364. The van der Waals surface area contributed by atoms with Crippen LogP contribution in [0.3, 0.4) is 0 Å². The van der Waals surface area contributed by atoms with Crippen LogP contribution in [0.5, 0.6) is 5.75 Å². The summed E-state index contributed by atoms with van der Waals surface area (Å²) < 4.78 is 5.43. The number of ether oxygens (including phenoxy) is 1. The normalized spacial score (nSPS) is 10.3. The second kappa shape index (κ2) is 4.90. The Hall–Kier alpha value is -2.68. The molecule has 2 aromatic carbocycles. The number of nitrogens with zero attached hydrogens (tertiary/aromatic N) is 1. The number of benzene rings is 2. The third-order valence-electron chi connectivity index (χ3n) is 2.86. The molecule has 0 aliphatic heterocycles. The first kappa shape index (κ1) is 11.4. The molecule has 19 heavy (non-hydrogen) atoms. The molecule has 0 aliphatic rings. The number of rotatable bonds is 2. The van der Waals surface area contributed by atoms with Crippen molar-refractivity contribution in [3.05, 3.63) is 72.6 Å². The molecule has 3 heteroatoms. The van der Waals surface area contributed by atoms with Crippen LogP contribution in [0.2, 0.25) is 0 Å². The van der Waals surface area contributed by atoms with Gasteiger partial charge in [-0.1, -0.05) is 30.3 Å². The molecule has 0 saturated heterocycles. The van der Waals surface area contributed by atoms with Crippen LogP contribution in [0.4, 0.5) is 0 Å². The number of carbonyl (C=O) groups is 1. The number of esters is 1. The zero-order valence-corrected chi connectivity index (χ0v) is 10.1. The van der Waals surface area contributed by atoms with Crippen LogP contribution in [0, 0.1) is 0 Å². The second-order valence-corrected chi connectivity index (χ2v) is 4.11. The highest BCUT2D eigenvalue weighted by atomic mass is 16.5. The Labute approximate surface area is 110 Å². The van der Waals surface area contributed by atoms with E-state index in [0.717, 1.165) is 10.8 Å². The van der Waals surface area contributed by atoms with E-state index in [0.29, 0.717) is 11.3 Å². The highest BCUT2D eigenvalue weighted by Crippen LogP contribution is 2.25. The summed E-state index contributed by atoms with van der Waals surface area (Å²) in [6.07, 6.45) is 3.41. The third kappa shape index (κ3) is 2.31. The van der Waals surface area contributed by atoms with E-state index in [1.165, 1.54) is 0 Å². The van der Waals surface area contributed by atoms with Gasteiger partial charge < -0.3 is 4.74 Å². The average molecular weight is 249 g/mol. The summed E-state index contributed by atoms with van der Waals surface area (Å²) in [5.41, 5.74) is 0.531. The van der Waals surface area contributed by atoms with Crippen LogP contribution >= 0.6 is 0 Å². The van der Waals surface area contributed by atoms with E-state index in [1.807, 2.05) is 24.3 Å². The molecule has 0 unspecified atom stereocenters. The lowest BCUT2D eigenvalue weighted by atomic mass is 10.1. The van der Waals surface area contributed by atoms with Gasteiger partial charge in [-0.25, -0.2) is 4.79 Å². The van der Waals surface area contributed by atoms with Crippen LogP contribution in [0.25, 0.3) is 10.8 Å². The van der Waals surface area contributed by atoms with E-state index in [4.69, 9.17) is 4.74 Å². The zero-order chi connectivity index (χ0) is 13.1. The fourth-order valence-corrected chi connectivity index (χ4v) is 1.91. The molecular formula is C16H11NO2. The summed E-state index contributed by atoms with van der Waals surface area (Å²) in [4.78, 5) is 16.1. The summed E-state index contributed by atoms with van der Waals surface area (Å²) in [7, 11) is 0. The summed E-state index contributed by atoms with van der Waals surface area (Å²) >= 11 is 0. The molecule has 0 saturated carbocycles. The smallest absolute Gasteiger partial charge is 0.343 e. The van der Waals surface area contributed by atoms with Crippen LogP contribution in [-0.4, -0.2) is 11.0 Å². The number of hydrogen-bond acceptors (Lipinski definition) is 3. The number of aromatic nitrogens is 1. The SMILES string of the molecule is O=C(Oc1cccc2ccncc12)c1ccccc1. The van der Waals surface area contributed by atoms with E-state index in [-0.39, 0.29) is 5.97 Å². The van der Waals surface area contributed by atoms with Gasteiger partial charge in [-0.3, -0.25) is 4.98 Å². The topological polar surface area (TPSA) is 39.2 Å². The van der Waals surface area contributed by atoms with Gasteiger partial charge in [0.2, 0.25) is 0 Å². The minimum atomic E-state index is -0.364. The molecule has 0 radical (unpaired) electrons. The summed E-state index contributed by atoms with van der Waals surface area (Å²) in [5.74, 6) is 0.163. The fraction of sp³-hybridized carbons (Fsp3) is 0. The molecule has 0 spiro atoms.